The van der Waals surface area contributed by atoms with E-state index >= 15 is 0 Å². The van der Waals surface area contributed by atoms with Gasteiger partial charge in [0.1, 0.15) is 5.76 Å². The Kier molecular flexibility index (Phi) is 4.31. The number of aliphatic hydroxyl groups is 1. The molecular formula is C18H13BrN2O3. The largest absolute Gasteiger partial charge is 0.506 e. The fraction of sp³-hybridized carbons (Fsp3) is 0.0556. The van der Waals surface area contributed by atoms with E-state index in [-0.39, 0.29) is 22.8 Å². The number of nitrogens with zero attached hydrogens (tertiary/aromatic N) is 1. The summed E-state index contributed by atoms with van der Waals surface area (Å²) in [6.07, 6.45) is 0. The third kappa shape index (κ3) is 2.88. The zero-order valence-electron chi connectivity index (χ0n) is 12.7. The van der Waals surface area contributed by atoms with Crippen LogP contribution in [0.1, 0.15) is 33.2 Å². The standard InChI is InChI=1S/C18H13BrN2O3/c1-10(20-21-18(24)11-6-8-12(19)9-7-11)15-16(22)13-4-2-3-5-14(13)17(15)23/h2-9,22H,1H3,(H,21,24)/b20-10+. The predicted molar refractivity (Wildman–Crippen MR) is 95.0 cm³/mol. The number of benzene rings is 2. The van der Waals surface area contributed by atoms with Crippen LogP contribution in [-0.4, -0.2) is 22.5 Å². The number of Topliss-reactive ketones (excluding diaryl/α,β-unsaturated/α-hetero) is 1. The van der Waals surface area contributed by atoms with Gasteiger partial charge in [0.25, 0.3) is 5.91 Å². The second-order valence-electron chi connectivity index (χ2n) is 5.24. The van der Waals surface area contributed by atoms with Gasteiger partial charge in [0.2, 0.25) is 0 Å². The first kappa shape index (κ1) is 16.1. The Morgan fingerprint density at radius 2 is 1.71 bits per heavy atom. The van der Waals surface area contributed by atoms with Crippen LogP contribution in [0.5, 0.6) is 0 Å². The Balaban J connectivity index is 1.82. The lowest BCUT2D eigenvalue weighted by molar-refractivity contribution is 0.0953. The number of hydrogen-bond acceptors (Lipinski definition) is 4. The average Bonchev–Trinajstić information content (AvgIpc) is 2.85. The van der Waals surface area contributed by atoms with Crippen LogP contribution >= 0.6 is 15.9 Å². The molecule has 0 aliphatic heterocycles. The molecule has 24 heavy (non-hydrogen) atoms. The molecule has 0 bridgehead atoms. The molecule has 1 amide bonds. The molecule has 1 aliphatic rings. The first-order valence-electron chi connectivity index (χ1n) is 7.17. The van der Waals surface area contributed by atoms with E-state index in [1.807, 2.05) is 0 Å². The maximum atomic E-state index is 12.4. The van der Waals surface area contributed by atoms with Crippen molar-refractivity contribution < 1.29 is 14.7 Å². The number of carbonyl (C=O) groups excluding carboxylic acids is 2. The Labute approximate surface area is 146 Å². The lowest BCUT2D eigenvalue weighted by Crippen LogP contribution is -2.20. The van der Waals surface area contributed by atoms with E-state index in [1.54, 1.807) is 55.5 Å². The second kappa shape index (κ2) is 6.41. The van der Waals surface area contributed by atoms with E-state index in [1.165, 1.54) is 0 Å². The molecule has 5 nitrogen and oxygen atoms in total. The summed E-state index contributed by atoms with van der Waals surface area (Å²) in [7, 11) is 0. The Bertz CT molecular complexity index is 899. The van der Waals surface area contributed by atoms with Crippen molar-refractivity contribution >= 4 is 39.1 Å². The number of ketones is 1. The van der Waals surface area contributed by atoms with Gasteiger partial charge in [-0.25, -0.2) is 5.43 Å². The molecule has 0 aromatic heterocycles. The van der Waals surface area contributed by atoms with Gasteiger partial charge in [0.05, 0.1) is 11.3 Å². The summed E-state index contributed by atoms with van der Waals surface area (Å²) in [5.41, 5.74) is 4.10. The summed E-state index contributed by atoms with van der Waals surface area (Å²) in [4.78, 5) is 24.4. The van der Waals surface area contributed by atoms with Crippen LogP contribution in [0.15, 0.2) is 63.7 Å². The van der Waals surface area contributed by atoms with E-state index in [9.17, 15) is 14.7 Å². The zero-order chi connectivity index (χ0) is 17.3. The van der Waals surface area contributed by atoms with Crippen molar-refractivity contribution in [1.82, 2.24) is 5.43 Å². The molecule has 0 fully saturated rings. The first-order chi connectivity index (χ1) is 11.5. The molecule has 1 aliphatic carbocycles. The van der Waals surface area contributed by atoms with Crippen LogP contribution < -0.4 is 5.43 Å². The normalized spacial score (nSPS) is 13.9. The number of aliphatic hydroxyl groups excluding tert-OH is 1. The van der Waals surface area contributed by atoms with Crippen LogP contribution in [0.3, 0.4) is 0 Å². The van der Waals surface area contributed by atoms with Gasteiger partial charge < -0.3 is 5.11 Å². The van der Waals surface area contributed by atoms with Gasteiger partial charge in [-0.05, 0) is 31.2 Å². The molecule has 0 spiro atoms. The molecule has 0 heterocycles. The summed E-state index contributed by atoms with van der Waals surface area (Å²) >= 11 is 3.30. The Hall–Kier alpha value is -2.73. The van der Waals surface area contributed by atoms with E-state index in [0.717, 1.165) is 4.47 Å². The maximum Gasteiger partial charge on any atom is 0.271 e. The topological polar surface area (TPSA) is 78.8 Å². The fourth-order valence-corrected chi connectivity index (χ4v) is 2.72. The van der Waals surface area contributed by atoms with Crippen molar-refractivity contribution in [1.29, 1.82) is 0 Å². The van der Waals surface area contributed by atoms with E-state index in [2.05, 4.69) is 26.5 Å². The minimum Gasteiger partial charge on any atom is -0.506 e. The number of hydrazone groups is 1. The number of hydrogen-bond donors (Lipinski definition) is 2. The minimum absolute atomic E-state index is 0.104. The summed E-state index contributed by atoms with van der Waals surface area (Å²) in [6.45, 7) is 1.57. The number of amides is 1. The lowest BCUT2D eigenvalue weighted by Gasteiger charge is -2.04. The molecule has 0 saturated carbocycles. The highest BCUT2D eigenvalue weighted by Gasteiger charge is 2.31. The molecule has 3 rings (SSSR count). The summed E-state index contributed by atoms with van der Waals surface area (Å²) in [5, 5.41) is 14.2. The number of carbonyl (C=O) groups is 2. The third-order valence-electron chi connectivity index (χ3n) is 3.68. The molecule has 2 aromatic carbocycles. The number of nitrogens with one attached hydrogen (secondary N) is 1. The van der Waals surface area contributed by atoms with Gasteiger partial charge in [0, 0.05) is 21.2 Å². The van der Waals surface area contributed by atoms with Crippen LogP contribution in [0, 0.1) is 0 Å². The first-order valence-corrected chi connectivity index (χ1v) is 7.96. The van der Waals surface area contributed by atoms with Gasteiger partial charge in [-0.15, -0.1) is 0 Å². The summed E-state index contributed by atoms with van der Waals surface area (Å²) < 4.78 is 0.864. The van der Waals surface area contributed by atoms with Crippen molar-refractivity contribution in [3.8, 4) is 0 Å². The van der Waals surface area contributed by atoms with Gasteiger partial charge >= 0.3 is 0 Å². The van der Waals surface area contributed by atoms with Gasteiger partial charge in [0.15, 0.2) is 5.78 Å². The molecular weight excluding hydrogens is 372 g/mol. The average molecular weight is 385 g/mol. The monoisotopic (exact) mass is 384 g/mol. The number of rotatable bonds is 3. The van der Waals surface area contributed by atoms with Crippen LogP contribution in [0.25, 0.3) is 5.76 Å². The smallest absolute Gasteiger partial charge is 0.271 e. The van der Waals surface area contributed by atoms with Crippen molar-refractivity contribution in [3.63, 3.8) is 0 Å². The molecule has 0 unspecified atom stereocenters. The lowest BCUT2D eigenvalue weighted by atomic mass is 10.1. The maximum absolute atomic E-state index is 12.4. The predicted octanol–water partition coefficient (Wildman–Crippen LogP) is 3.72. The quantitative estimate of drug-likeness (QED) is 0.625. The Morgan fingerprint density at radius 1 is 1.08 bits per heavy atom. The third-order valence-corrected chi connectivity index (χ3v) is 4.21. The van der Waals surface area contributed by atoms with Crippen molar-refractivity contribution in [2.75, 3.05) is 0 Å². The highest BCUT2D eigenvalue weighted by Crippen LogP contribution is 2.31. The highest BCUT2D eigenvalue weighted by atomic mass is 79.9. The zero-order valence-corrected chi connectivity index (χ0v) is 14.3. The summed E-state index contributed by atoms with van der Waals surface area (Å²) in [5.74, 6) is -0.818. The fourth-order valence-electron chi connectivity index (χ4n) is 2.46. The highest BCUT2D eigenvalue weighted by molar-refractivity contribution is 9.10. The summed E-state index contributed by atoms with van der Waals surface area (Å²) in [6, 6.07) is 13.6. The van der Waals surface area contributed by atoms with Crippen LogP contribution in [-0.2, 0) is 0 Å². The molecule has 6 heteroatoms. The van der Waals surface area contributed by atoms with Gasteiger partial charge in [-0.1, -0.05) is 40.2 Å². The molecule has 0 saturated heterocycles. The van der Waals surface area contributed by atoms with E-state index in [4.69, 9.17) is 0 Å². The number of allylic oxidation sites excluding steroid dienone is 1. The SMILES string of the molecule is C/C(=N\NC(=O)c1ccc(Br)cc1)C1=C(O)c2ccccc2C1=O. The molecule has 120 valence electrons. The molecule has 0 atom stereocenters. The number of fused-ring (bicyclic) bond motifs is 1. The van der Waals surface area contributed by atoms with Crippen LogP contribution in [0.2, 0.25) is 0 Å². The van der Waals surface area contributed by atoms with Crippen molar-refractivity contribution in [2.24, 2.45) is 5.10 Å². The molecule has 2 aromatic rings. The van der Waals surface area contributed by atoms with E-state index < -0.39 is 5.91 Å². The van der Waals surface area contributed by atoms with Crippen molar-refractivity contribution in [3.05, 3.63) is 75.3 Å². The van der Waals surface area contributed by atoms with Crippen molar-refractivity contribution in [2.45, 2.75) is 6.92 Å². The van der Waals surface area contributed by atoms with Crippen LogP contribution in [0.4, 0.5) is 0 Å². The number of halogens is 1. The van der Waals surface area contributed by atoms with Gasteiger partial charge in [-0.3, -0.25) is 9.59 Å². The minimum atomic E-state index is -0.398. The second-order valence-corrected chi connectivity index (χ2v) is 6.16. The Morgan fingerprint density at radius 3 is 2.33 bits per heavy atom. The van der Waals surface area contributed by atoms with Gasteiger partial charge in [-0.2, -0.15) is 5.10 Å². The molecule has 0 radical (unpaired) electrons. The van der Waals surface area contributed by atoms with E-state index in [0.29, 0.717) is 16.7 Å². The molecule has 2 N–H and O–H groups in total.